The van der Waals surface area contributed by atoms with E-state index < -0.39 is 0 Å². The molecule has 3 rings (SSSR count). The molecule has 1 atom stereocenters. The Morgan fingerprint density at radius 1 is 0.857 bits per heavy atom. The molecular formula is C19H20N2. The Kier molecular flexibility index (Phi) is 3.61. The zero-order valence-electron chi connectivity index (χ0n) is 12.7. The van der Waals surface area contributed by atoms with Crippen LogP contribution >= 0.6 is 0 Å². The van der Waals surface area contributed by atoms with Crippen LogP contribution in [0.15, 0.2) is 71.2 Å². The third-order valence-corrected chi connectivity index (χ3v) is 4.08. The van der Waals surface area contributed by atoms with Crippen molar-refractivity contribution in [3.63, 3.8) is 0 Å². The summed E-state index contributed by atoms with van der Waals surface area (Å²) in [7, 11) is 2.12. The average Bonchev–Trinajstić information content (AvgIpc) is 2.53. The smallest absolute Gasteiger partial charge is 0.147 e. The molecule has 2 aromatic carbocycles. The molecule has 0 N–H and O–H groups in total. The lowest BCUT2D eigenvalue weighted by Gasteiger charge is -2.35. The van der Waals surface area contributed by atoms with Crippen molar-refractivity contribution in [2.45, 2.75) is 20.0 Å². The standard InChI is InChI=1S/C19H20N2/c1-14-15(2)20-19(17-12-8-5-9-13-17)21(3)18(14)16-10-6-4-7-11-16/h4-13,19H,1-3H3. The second kappa shape index (κ2) is 5.57. The molecule has 2 heteroatoms. The van der Waals surface area contributed by atoms with Crippen LogP contribution in [0.4, 0.5) is 0 Å². The van der Waals surface area contributed by atoms with Crippen LogP contribution in [0.2, 0.25) is 0 Å². The molecule has 1 unspecified atom stereocenters. The monoisotopic (exact) mass is 276 g/mol. The van der Waals surface area contributed by atoms with Gasteiger partial charge in [0.2, 0.25) is 0 Å². The average molecular weight is 276 g/mol. The van der Waals surface area contributed by atoms with Gasteiger partial charge >= 0.3 is 0 Å². The first-order valence-corrected chi connectivity index (χ1v) is 7.27. The van der Waals surface area contributed by atoms with Gasteiger partial charge in [-0.25, -0.2) is 0 Å². The maximum Gasteiger partial charge on any atom is 0.147 e. The number of rotatable bonds is 2. The minimum atomic E-state index is 0.0464. The minimum absolute atomic E-state index is 0.0464. The molecule has 0 spiro atoms. The highest BCUT2D eigenvalue weighted by atomic mass is 15.2. The predicted molar refractivity (Wildman–Crippen MR) is 89.1 cm³/mol. The van der Waals surface area contributed by atoms with E-state index in [-0.39, 0.29) is 6.17 Å². The van der Waals surface area contributed by atoms with Gasteiger partial charge in [0.05, 0.1) is 5.70 Å². The van der Waals surface area contributed by atoms with Gasteiger partial charge in [-0.1, -0.05) is 60.7 Å². The molecule has 1 aliphatic rings. The molecule has 0 fully saturated rings. The number of hydrogen-bond donors (Lipinski definition) is 0. The number of nitrogens with zero attached hydrogens (tertiary/aromatic N) is 2. The molecule has 0 amide bonds. The largest absolute Gasteiger partial charge is 0.348 e. The Labute approximate surface area is 126 Å². The topological polar surface area (TPSA) is 15.6 Å². The van der Waals surface area contributed by atoms with E-state index in [2.05, 4.69) is 80.4 Å². The van der Waals surface area contributed by atoms with Crippen LogP contribution in [0.3, 0.4) is 0 Å². The van der Waals surface area contributed by atoms with Gasteiger partial charge in [-0.15, -0.1) is 0 Å². The highest BCUT2D eigenvalue weighted by Crippen LogP contribution is 2.35. The van der Waals surface area contributed by atoms with Gasteiger partial charge in [0.1, 0.15) is 6.17 Å². The molecule has 106 valence electrons. The van der Waals surface area contributed by atoms with Crippen molar-refractivity contribution in [3.8, 4) is 0 Å². The first-order valence-electron chi connectivity index (χ1n) is 7.27. The van der Waals surface area contributed by atoms with Crippen LogP contribution in [0.25, 0.3) is 5.70 Å². The fourth-order valence-electron chi connectivity index (χ4n) is 2.86. The quantitative estimate of drug-likeness (QED) is 0.787. The van der Waals surface area contributed by atoms with Crippen molar-refractivity contribution in [1.29, 1.82) is 0 Å². The lowest BCUT2D eigenvalue weighted by Crippen LogP contribution is -2.28. The second-order valence-corrected chi connectivity index (χ2v) is 5.45. The highest BCUT2D eigenvalue weighted by Gasteiger charge is 2.25. The lowest BCUT2D eigenvalue weighted by atomic mass is 9.99. The molecule has 2 nitrogen and oxygen atoms in total. The summed E-state index contributed by atoms with van der Waals surface area (Å²) in [6, 6.07) is 21.0. The van der Waals surface area contributed by atoms with Gasteiger partial charge < -0.3 is 4.90 Å². The van der Waals surface area contributed by atoms with Gasteiger partial charge in [0, 0.05) is 12.8 Å². The summed E-state index contributed by atoms with van der Waals surface area (Å²) in [4.78, 5) is 7.15. The molecule has 1 heterocycles. The van der Waals surface area contributed by atoms with Crippen LogP contribution < -0.4 is 0 Å². The van der Waals surface area contributed by atoms with Crippen molar-refractivity contribution in [3.05, 3.63) is 77.4 Å². The molecular weight excluding hydrogens is 256 g/mol. The van der Waals surface area contributed by atoms with Crippen LogP contribution in [0.5, 0.6) is 0 Å². The molecule has 21 heavy (non-hydrogen) atoms. The first-order chi connectivity index (χ1) is 10.2. The summed E-state index contributed by atoms with van der Waals surface area (Å²) in [5, 5.41) is 0. The summed E-state index contributed by atoms with van der Waals surface area (Å²) >= 11 is 0. The Balaban J connectivity index is 2.08. The SMILES string of the molecule is CC1=NC(c2ccccc2)N(C)C(c2ccccc2)=C1C. The summed E-state index contributed by atoms with van der Waals surface area (Å²) in [6.07, 6.45) is 0.0464. The Bertz CT molecular complexity index is 684. The molecule has 0 saturated carbocycles. The first kappa shape index (κ1) is 13.6. The predicted octanol–water partition coefficient (Wildman–Crippen LogP) is 4.52. The molecule has 0 bridgehead atoms. The number of aliphatic imine (C=N–C) groups is 1. The van der Waals surface area contributed by atoms with E-state index in [1.54, 1.807) is 0 Å². The molecule has 2 aromatic rings. The minimum Gasteiger partial charge on any atom is -0.348 e. The molecule has 0 aliphatic carbocycles. The summed E-state index contributed by atoms with van der Waals surface area (Å²) in [5.74, 6) is 0. The van der Waals surface area contributed by atoms with Crippen molar-refractivity contribution in [2.75, 3.05) is 7.05 Å². The maximum absolute atomic E-state index is 4.87. The molecule has 0 aromatic heterocycles. The third kappa shape index (κ3) is 2.49. The van der Waals surface area contributed by atoms with Crippen LogP contribution in [0, 0.1) is 0 Å². The van der Waals surface area contributed by atoms with Crippen LogP contribution in [-0.2, 0) is 0 Å². The van der Waals surface area contributed by atoms with E-state index in [0.29, 0.717) is 0 Å². The highest BCUT2D eigenvalue weighted by molar-refractivity contribution is 6.05. The van der Waals surface area contributed by atoms with Crippen molar-refractivity contribution >= 4 is 11.4 Å². The lowest BCUT2D eigenvalue weighted by molar-refractivity contribution is 0.361. The van der Waals surface area contributed by atoms with Crippen molar-refractivity contribution in [1.82, 2.24) is 4.90 Å². The van der Waals surface area contributed by atoms with E-state index in [1.165, 1.54) is 22.4 Å². The second-order valence-electron chi connectivity index (χ2n) is 5.45. The van der Waals surface area contributed by atoms with E-state index in [4.69, 9.17) is 4.99 Å². The normalized spacial score (nSPS) is 18.7. The summed E-state index contributed by atoms with van der Waals surface area (Å²) in [6.45, 7) is 4.25. The number of hydrogen-bond acceptors (Lipinski definition) is 2. The van der Waals surface area contributed by atoms with E-state index in [1.807, 2.05) is 6.07 Å². The van der Waals surface area contributed by atoms with Gasteiger partial charge in [-0.3, -0.25) is 4.99 Å². The fraction of sp³-hybridized carbons (Fsp3) is 0.211. The Morgan fingerprint density at radius 2 is 1.43 bits per heavy atom. The van der Waals surface area contributed by atoms with Gasteiger partial charge in [-0.2, -0.15) is 0 Å². The zero-order valence-corrected chi connectivity index (χ0v) is 12.7. The summed E-state index contributed by atoms with van der Waals surface area (Å²) in [5.41, 5.74) is 6.08. The Morgan fingerprint density at radius 3 is 2.05 bits per heavy atom. The number of allylic oxidation sites excluding steroid dienone is 1. The zero-order chi connectivity index (χ0) is 14.8. The molecule has 1 aliphatic heterocycles. The Hall–Kier alpha value is -2.35. The van der Waals surface area contributed by atoms with Crippen LogP contribution in [-0.4, -0.2) is 17.7 Å². The van der Waals surface area contributed by atoms with Gasteiger partial charge in [0.15, 0.2) is 0 Å². The maximum atomic E-state index is 4.87. The van der Waals surface area contributed by atoms with Gasteiger partial charge in [0.25, 0.3) is 0 Å². The van der Waals surface area contributed by atoms with Crippen molar-refractivity contribution in [2.24, 2.45) is 4.99 Å². The fourth-order valence-corrected chi connectivity index (χ4v) is 2.86. The van der Waals surface area contributed by atoms with Gasteiger partial charge in [-0.05, 0) is 30.5 Å². The van der Waals surface area contributed by atoms with Crippen LogP contribution in [0.1, 0.15) is 31.1 Å². The van der Waals surface area contributed by atoms with E-state index in [9.17, 15) is 0 Å². The van der Waals surface area contributed by atoms with E-state index >= 15 is 0 Å². The number of benzene rings is 2. The molecule has 0 saturated heterocycles. The summed E-state index contributed by atoms with van der Waals surface area (Å²) < 4.78 is 0. The third-order valence-electron chi connectivity index (χ3n) is 4.08. The molecule has 0 radical (unpaired) electrons. The van der Waals surface area contributed by atoms with Crippen molar-refractivity contribution < 1.29 is 0 Å². The van der Waals surface area contributed by atoms with E-state index in [0.717, 1.165) is 5.71 Å².